The summed E-state index contributed by atoms with van der Waals surface area (Å²) in [6.07, 6.45) is 0.217. The highest BCUT2D eigenvalue weighted by molar-refractivity contribution is 5.59. The molecule has 6 aromatic rings. The minimum Gasteiger partial charge on any atom is -0.489 e. The van der Waals surface area contributed by atoms with E-state index in [-0.39, 0.29) is 0 Å². The number of aliphatic hydroxyl groups excluding tert-OH is 1. The summed E-state index contributed by atoms with van der Waals surface area (Å²) in [7, 11) is 0. The van der Waals surface area contributed by atoms with Crippen LogP contribution in [-0.4, -0.2) is 5.11 Å². The van der Waals surface area contributed by atoms with Crippen LogP contribution in [0.3, 0.4) is 0 Å². The number of aliphatic hydroxyl groups is 1. The van der Waals surface area contributed by atoms with E-state index in [1.54, 1.807) is 0 Å². The van der Waals surface area contributed by atoms with Gasteiger partial charge in [-0.1, -0.05) is 127 Å². The van der Waals surface area contributed by atoms with Gasteiger partial charge < -0.3 is 24.1 Å². The number of rotatable bonds is 16. The van der Waals surface area contributed by atoms with Crippen LogP contribution in [0.4, 0.5) is 0 Å². The molecule has 0 heterocycles. The smallest absolute Gasteiger partial charge is 0.129 e. The van der Waals surface area contributed by atoms with Crippen LogP contribution in [0.2, 0.25) is 0 Å². The lowest BCUT2D eigenvalue weighted by Crippen LogP contribution is -2.12. The molecule has 0 aliphatic heterocycles. The monoisotopic (exact) mass is 678 g/mol. The number of hydrogen-bond acceptors (Lipinski definition) is 5. The summed E-state index contributed by atoms with van der Waals surface area (Å²) in [5.74, 6) is 2.96. The average molecular weight is 679 g/mol. The number of hydrogen-bond donors (Lipinski definition) is 1. The van der Waals surface area contributed by atoms with Gasteiger partial charge in [0, 0.05) is 17.2 Å². The Balaban J connectivity index is 1.26. The number of ether oxygens (including phenoxy) is 4. The lowest BCUT2D eigenvalue weighted by Gasteiger charge is -2.25. The van der Waals surface area contributed by atoms with Gasteiger partial charge in [-0.3, -0.25) is 0 Å². The lowest BCUT2D eigenvalue weighted by molar-refractivity contribution is 0.158. The van der Waals surface area contributed by atoms with Gasteiger partial charge in [-0.15, -0.1) is 0 Å². The first-order chi connectivity index (χ1) is 25.0. The van der Waals surface area contributed by atoms with Crippen LogP contribution in [0.5, 0.6) is 23.0 Å². The van der Waals surface area contributed by atoms with Crippen LogP contribution >= 0.6 is 0 Å². The van der Waals surface area contributed by atoms with Gasteiger partial charge in [0.25, 0.3) is 0 Å². The molecule has 0 amide bonds. The number of benzene rings is 6. The zero-order chi connectivity index (χ0) is 35.4. The highest BCUT2D eigenvalue weighted by atomic mass is 16.5. The standard InChI is InChI=1S/C46H46O5/c1-33-34(2)46(51-32-39-22-14-7-15-23-39)44(35(3)45(33)50-31-38-20-12-6-13-21-38)42(47)27-25-40-24-26-41(48-29-36-16-8-4-9-17-36)28-43(40)49-30-37-18-10-5-11-19-37/h4-24,26,28,42,47H,25,27,29-32H2,1-3H3. The predicted molar refractivity (Wildman–Crippen MR) is 203 cm³/mol. The summed E-state index contributed by atoms with van der Waals surface area (Å²) in [6.45, 7) is 7.84. The van der Waals surface area contributed by atoms with E-state index in [1.807, 2.05) is 129 Å². The summed E-state index contributed by atoms with van der Waals surface area (Å²) in [6, 6.07) is 46.5. The van der Waals surface area contributed by atoms with E-state index >= 15 is 0 Å². The fourth-order valence-corrected chi connectivity index (χ4v) is 6.26. The molecule has 0 saturated heterocycles. The molecule has 1 atom stereocenters. The summed E-state index contributed by atoms with van der Waals surface area (Å²) in [5, 5.41) is 12.0. The van der Waals surface area contributed by atoms with Gasteiger partial charge >= 0.3 is 0 Å². The highest BCUT2D eigenvalue weighted by Gasteiger charge is 2.25. The largest absolute Gasteiger partial charge is 0.489 e. The molecule has 1 N–H and O–H groups in total. The fraction of sp³-hybridized carbons (Fsp3) is 0.217. The molecular formula is C46H46O5. The van der Waals surface area contributed by atoms with Gasteiger partial charge in [0.2, 0.25) is 0 Å². The Kier molecular flexibility index (Phi) is 12.1. The van der Waals surface area contributed by atoms with Crippen LogP contribution in [0.1, 0.15) is 62.6 Å². The van der Waals surface area contributed by atoms with E-state index < -0.39 is 6.10 Å². The van der Waals surface area contributed by atoms with Crippen LogP contribution in [0.25, 0.3) is 0 Å². The predicted octanol–water partition coefficient (Wildman–Crippen LogP) is 10.6. The van der Waals surface area contributed by atoms with Crippen LogP contribution in [-0.2, 0) is 32.8 Å². The first-order valence-corrected chi connectivity index (χ1v) is 17.6. The third kappa shape index (κ3) is 9.39. The number of aryl methyl sites for hydroxylation is 1. The molecule has 0 bridgehead atoms. The van der Waals surface area contributed by atoms with Gasteiger partial charge in [0.1, 0.15) is 49.4 Å². The lowest BCUT2D eigenvalue weighted by atomic mass is 9.91. The summed E-state index contributed by atoms with van der Waals surface area (Å²) in [4.78, 5) is 0. The maximum absolute atomic E-state index is 12.0. The Labute approximate surface area is 302 Å². The zero-order valence-corrected chi connectivity index (χ0v) is 29.7. The first kappa shape index (κ1) is 35.3. The Morgan fingerprint density at radius 3 is 1.41 bits per heavy atom. The normalized spacial score (nSPS) is 11.5. The first-order valence-electron chi connectivity index (χ1n) is 17.6. The molecule has 0 aromatic heterocycles. The molecule has 51 heavy (non-hydrogen) atoms. The average Bonchev–Trinajstić information content (AvgIpc) is 3.18. The van der Waals surface area contributed by atoms with Crippen molar-refractivity contribution in [3.05, 3.63) is 190 Å². The Hall–Kier alpha value is -5.52. The molecule has 0 aliphatic carbocycles. The quantitative estimate of drug-likeness (QED) is 0.110. The van der Waals surface area contributed by atoms with E-state index in [2.05, 4.69) is 31.2 Å². The molecule has 0 spiro atoms. The molecule has 0 saturated carbocycles. The van der Waals surface area contributed by atoms with Crippen molar-refractivity contribution in [3.63, 3.8) is 0 Å². The van der Waals surface area contributed by atoms with E-state index in [1.165, 1.54) is 0 Å². The third-order valence-corrected chi connectivity index (χ3v) is 9.23. The van der Waals surface area contributed by atoms with Crippen molar-refractivity contribution in [1.82, 2.24) is 0 Å². The molecule has 6 aromatic carbocycles. The zero-order valence-electron chi connectivity index (χ0n) is 29.7. The van der Waals surface area contributed by atoms with E-state index in [0.29, 0.717) is 45.0 Å². The molecule has 260 valence electrons. The molecule has 6 rings (SSSR count). The SMILES string of the molecule is Cc1c(C)c(OCc2ccccc2)c(C(O)CCc2ccc(OCc3ccccc3)cc2OCc2ccccc2)c(C)c1OCc1ccccc1. The van der Waals surface area contributed by atoms with E-state index in [9.17, 15) is 5.11 Å². The minimum atomic E-state index is -0.815. The molecule has 0 radical (unpaired) electrons. The molecular weight excluding hydrogens is 633 g/mol. The van der Waals surface area contributed by atoms with Crippen molar-refractivity contribution < 1.29 is 24.1 Å². The van der Waals surface area contributed by atoms with Crippen molar-refractivity contribution >= 4 is 0 Å². The molecule has 5 heteroatoms. The molecule has 1 unspecified atom stereocenters. The van der Waals surface area contributed by atoms with E-state index in [4.69, 9.17) is 18.9 Å². The maximum atomic E-state index is 12.0. The van der Waals surface area contributed by atoms with Crippen LogP contribution in [0.15, 0.2) is 140 Å². The van der Waals surface area contributed by atoms with Crippen molar-refractivity contribution in [2.24, 2.45) is 0 Å². The van der Waals surface area contributed by atoms with Gasteiger partial charge in [0.15, 0.2) is 0 Å². The van der Waals surface area contributed by atoms with Gasteiger partial charge in [0.05, 0.1) is 6.10 Å². The van der Waals surface area contributed by atoms with Crippen molar-refractivity contribution in [2.45, 2.75) is 66.1 Å². The summed E-state index contributed by atoms with van der Waals surface area (Å²) < 4.78 is 25.6. The third-order valence-electron chi connectivity index (χ3n) is 9.23. The van der Waals surface area contributed by atoms with Crippen LogP contribution in [0, 0.1) is 20.8 Å². The van der Waals surface area contributed by atoms with Gasteiger partial charge in [-0.25, -0.2) is 0 Å². The Morgan fingerprint density at radius 2 is 0.902 bits per heavy atom. The molecule has 5 nitrogen and oxygen atoms in total. The minimum absolute atomic E-state index is 0.395. The topological polar surface area (TPSA) is 57.2 Å². The van der Waals surface area contributed by atoms with Gasteiger partial charge in [-0.2, -0.15) is 0 Å². The summed E-state index contributed by atoms with van der Waals surface area (Å²) in [5.41, 5.74) is 8.91. The van der Waals surface area contributed by atoms with Crippen molar-refractivity contribution in [2.75, 3.05) is 0 Å². The van der Waals surface area contributed by atoms with Crippen LogP contribution < -0.4 is 18.9 Å². The van der Waals surface area contributed by atoms with Gasteiger partial charge in [-0.05, 0) is 78.6 Å². The maximum Gasteiger partial charge on any atom is 0.129 e. The second kappa shape index (κ2) is 17.4. The van der Waals surface area contributed by atoms with Crippen molar-refractivity contribution in [3.8, 4) is 23.0 Å². The summed E-state index contributed by atoms with van der Waals surface area (Å²) >= 11 is 0. The second-order valence-corrected chi connectivity index (χ2v) is 12.9. The molecule has 0 aliphatic rings. The second-order valence-electron chi connectivity index (χ2n) is 12.9. The highest BCUT2D eigenvalue weighted by Crippen LogP contribution is 2.43. The Morgan fingerprint density at radius 1 is 0.471 bits per heavy atom. The van der Waals surface area contributed by atoms with E-state index in [0.717, 1.165) is 67.3 Å². The fourth-order valence-electron chi connectivity index (χ4n) is 6.26. The Bertz CT molecular complexity index is 1980. The molecule has 0 fully saturated rings. The van der Waals surface area contributed by atoms with Crippen molar-refractivity contribution in [1.29, 1.82) is 0 Å².